The van der Waals surface area contributed by atoms with Gasteiger partial charge in [-0.2, -0.15) is 5.26 Å². The third kappa shape index (κ3) is 2.39. The van der Waals surface area contributed by atoms with Crippen LogP contribution in [0.5, 0.6) is 0 Å². The minimum Gasteiger partial charge on any atom is -0.391 e. The summed E-state index contributed by atoms with van der Waals surface area (Å²) in [7, 11) is 0. The minimum atomic E-state index is -0.918. The van der Waals surface area contributed by atoms with Crippen LogP contribution in [0.25, 0.3) is 0 Å². The summed E-state index contributed by atoms with van der Waals surface area (Å²) >= 11 is 1.75. The van der Waals surface area contributed by atoms with Gasteiger partial charge in [0.15, 0.2) is 5.60 Å². The molecule has 3 nitrogen and oxygen atoms in total. The Kier molecular flexibility index (Phi) is 3.96. The van der Waals surface area contributed by atoms with E-state index in [9.17, 15) is 10.4 Å². The first kappa shape index (κ1) is 13.4. The molecule has 1 aliphatic rings. The highest BCUT2D eigenvalue weighted by atomic mass is 32.2. The summed E-state index contributed by atoms with van der Waals surface area (Å²) in [6.07, 6.45) is -0.292. The van der Waals surface area contributed by atoms with Gasteiger partial charge >= 0.3 is 0 Å². The molecule has 1 aliphatic heterocycles. The second-order valence-electron chi connectivity index (χ2n) is 4.60. The predicted molar refractivity (Wildman–Crippen MR) is 71.3 cm³/mol. The van der Waals surface area contributed by atoms with Crippen molar-refractivity contribution < 1.29 is 9.84 Å². The van der Waals surface area contributed by atoms with Crippen LogP contribution in [0.15, 0.2) is 29.2 Å². The van der Waals surface area contributed by atoms with Gasteiger partial charge in [-0.25, -0.2) is 0 Å². The van der Waals surface area contributed by atoms with Gasteiger partial charge in [0.1, 0.15) is 6.07 Å². The Bertz CT molecular complexity index is 469. The van der Waals surface area contributed by atoms with Gasteiger partial charge in [0, 0.05) is 22.6 Å². The average molecular weight is 263 g/mol. The molecule has 4 heteroatoms. The maximum absolute atomic E-state index is 9.57. The summed E-state index contributed by atoms with van der Waals surface area (Å²) < 4.78 is 5.89. The number of aliphatic hydroxyl groups excluding tert-OH is 1. The molecule has 0 radical (unpaired) electrons. The van der Waals surface area contributed by atoms with Crippen LogP contribution in [0.4, 0.5) is 0 Å². The van der Waals surface area contributed by atoms with Crippen molar-refractivity contribution in [2.75, 3.05) is 5.75 Å². The predicted octanol–water partition coefficient (Wildman–Crippen LogP) is 2.69. The van der Waals surface area contributed by atoms with Crippen LogP contribution in [0.2, 0.25) is 0 Å². The summed E-state index contributed by atoms with van der Waals surface area (Å²) in [4.78, 5) is 1.10. The molecule has 1 aromatic carbocycles. The molecule has 3 atom stereocenters. The van der Waals surface area contributed by atoms with Crippen LogP contribution in [0.1, 0.15) is 25.8 Å². The highest BCUT2D eigenvalue weighted by Crippen LogP contribution is 2.43. The van der Waals surface area contributed by atoms with Crippen molar-refractivity contribution in [2.24, 2.45) is 0 Å². The number of rotatable bonds is 3. The number of nitrogens with zero attached hydrogens (tertiary/aromatic N) is 1. The average Bonchev–Trinajstić information content (AvgIpc) is 2.39. The van der Waals surface area contributed by atoms with Crippen molar-refractivity contribution >= 4 is 11.8 Å². The molecule has 0 aliphatic carbocycles. The molecule has 0 fully saturated rings. The second-order valence-corrected chi connectivity index (χ2v) is 5.73. The van der Waals surface area contributed by atoms with Crippen LogP contribution >= 0.6 is 11.8 Å². The van der Waals surface area contributed by atoms with E-state index in [0.717, 1.165) is 16.2 Å². The first-order chi connectivity index (χ1) is 8.59. The molecule has 0 bridgehead atoms. The van der Waals surface area contributed by atoms with E-state index < -0.39 is 11.7 Å². The van der Waals surface area contributed by atoms with Crippen molar-refractivity contribution in [1.82, 2.24) is 0 Å². The Morgan fingerprint density at radius 2 is 2.17 bits per heavy atom. The van der Waals surface area contributed by atoms with E-state index in [4.69, 9.17) is 4.74 Å². The zero-order valence-electron chi connectivity index (χ0n) is 10.6. The molecule has 96 valence electrons. The molecule has 0 saturated heterocycles. The molecular formula is C14H17NO2S. The van der Waals surface area contributed by atoms with E-state index in [1.165, 1.54) is 0 Å². The number of hydrogen-bond acceptors (Lipinski definition) is 4. The van der Waals surface area contributed by atoms with Crippen molar-refractivity contribution in [1.29, 1.82) is 5.26 Å². The number of nitriles is 1. The van der Waals surface area contributed by atoms with Gasteiger partial charge in [-0.15, -0.1) is 11.8 Å². The van der Waals surface area contributed by atoms with Gasteiger partial charge in [0.2, 0.25) is 0 Å². The number of thioether (sulfide) groups is 1. The third-order valence-corrected chi connectivity index (χ3v) is 4.36. The van der Waals surface area contributed by atoms with Crippen molar-refractivity contribution in [3.8, 4) is 6.07 Å². The third-order valence-electron chi connectivity index (χ3n) is 3.28. The van der Waals surface area contributed by atoms with Gasteiger partial charge < -0.3 is 9.84 Å². The number of ether oxygens (including phenoxy) is 1. The standard InChI is InChI=1S/C14H17NO2S/c1-10(16)11(2)17-14(9-15)7-8-18-13-6-4-3-5-12(13)14/h3-6,10-11,16H,7-8H2,1-2H3. The quantitative estimate of drug-likeness (QED) is 0.911. The van der Waals surface area contributed by atoms with E-state index in [2.05, 4.69) is 6.07 Å². The number of fused-ring (bicyclic) bond motifs is 1. The van der Waals surface area contributed by atoms with Gasteiger partial charge in [-0.05, 0) is 19.9 Å². The molecule has 18 heavy (non-hydrogen) atoms. The molecule has 1 heterocycles. The van der Waals surface area contributed by atoms with E-state index in [1.54, 1.807) is 25.6 Å². The summed E-state index contributed by atoms with van der Waals surface area (Å²) in [5.74, 6) is 0.858. The fraction of sp³-hybridized carbons (Fsp3) is 0.500. The molecule has 0 spiro atoms. The minimum absolute atomic E-state index is 0.360. The zero-order chi connectivity index (χ0) is 13.2. The summed E-state index contributed by atoms with van der Waals surface area (Å²) in [6, 6.07) is 10.2. The van der Waals surface area contributed by atoms with Gasteiger partial charge in [0.05, 0.1) is 12.2 Å². The zero-order valence-corrected chi connectivity index (χ0v) is 11.4. The first-order valence-corrected chi connectivity index (χ1v) is 7.07. The molecular weight excluding hydrogens is 246 g/mol. The lowest BCUT2D eigenvalue weighted by molar-refractivity contribution is -0.102. The Labute approximate surface area is 112 Å². The number of benzene rings is 1. The maximum atomic E-state index is 9.57. The summed E-state index contributed by atoms with van der Waals surface area (Å²) in [5, 5.41) is 19.1. The second kappa shape index (κ2) is 5.31. The largest absolute Gasteiger partial charge is 0.391 e. The molecule has 2 rings (SSSR count). The van der Waals surface area contributed by atoms with Crippen LogP contribution in [0, 0.1) is 11.3 Å². The molecule has 1 N–H and O–H groups in total. The van der Waals surface area contributed by atoms with Crippen molar-refractivity contribution in [3.63, 3.8) is 0 Å². The van der Waals surface area contributed by atoms with Crippen molar-refractivity contribution in [3.05, 3.63) is 29.8 Å². The normalized spacial score (nSPS) is 25.9. The fourth-order valence-electron chi connectivity index (χ4n) is 2.05. The Morgan fingerprint density at radius 1 is 1.44 bits per heavy atom. The Hall–Kier alpha value is -1.02. The first-order valence-electron chi connectivity index (χ1n) is 6.08. The highest BCUT2D eigenvalue weighted by Gasteiger charge is 2.40. The Balaban J connectivity index is 2.37. The number of hydrogen-bond donors (Lipinski definition) is 1. The SMILES string of the molecule is CC(O)C(C)OC1(C#N)CCSc2ccccc21. The van der Waals surface area contributed by atoms with Crippen LogP contribution in [-0.2, 0) is 10.3 Å². The maximum Gasteiger partial charge on any atom is 0.181 e. The van der Waals surface area contributed by atoms with E-state index in [-0.39, 0.29) is 6.10 Å². The monoisotopic (exact) mass is 263 g/mol. The van der Waals surface area contributed by atoms with Crippen molar-refractivity contribution in [2.45, 2.75) is 43.0 Å². The molecule has 0 aromatic heterocycles. The Morgan fingerprint density at radius 3 is 2.83 bits per heavy atom. The van der Waals surface area contributed by atoms with E-state index >= 15 is 0 Å². The van der Waals surface area contributed by atoms with Gasteiger partial charge in [0.25, 0.3) is 0 Å². The lowest BCUT2D eigenvalue weighted by Crippen LogP contribution is -2.38. The van der Waals surface area contributed by atoms with Crippen LogP contribution in [-0.4, -0.2) is 23.1 Å². The van der Waals surface area contributed by atoms with Crippen LogP contribution < -0.4 is 0 Å². The summed E-state index contributed by atoms with van der Waals surface area (Å²) in [5.41, 5.74) is 0.00868. The fourth-order valence-corrected chi connectivity index (χ4v) is 3.22. The smallest absolute Gasteiger partial charge is 0.181 e. The molecule has 0 amide bonds. The lowest BCUT2D eigenvalue weighted by Gasteiger charge is -2.35. The van der Waals surface area contributed by atoms with E-state index in [0.29, 0.717) is 6.42 Å². The summed E-state index contributed by atoms with van der Waals surface area (Å²) in [6.45, 7) is 3.48. The topological polar surface area (TPSA) is 53.2 Å². The van der Waals surface area contributed by atoms with Gasteiger partial charge in [-0.3, -0.25) is 0 Å². The molecule has 1 aromatic rings. The molecule has 0 saturated carbocycles. The van der Waals surface area contributed by atoms with E-state index in [1.807, 2.05) is 24.3 Å². The van der Waals surface area contributed by atoms with Gasteiger partial charge in [-0.1, -0.05) is 18.2 Å². The number of aliphatic hydroxyl groups is 1. The van der Waals surface area contributed by atoms with Crippen LogP contribution in [0.3, 0.4) is 0 Å². The lowest BCUT2D eigenvalue weighted by atomic mass is 9.91. The highest BCUT2D eigenvalue weighted by molar-refractivity contribution is 7.99. The molecule has 3 unspecified atom stereocenters.